The standard InChI is InChI=1S/C18H16N2O3/c1-2-19(13-8-4-3-5-9-13)16(21)12-20-15-11-7-6-10-14(15)17(22)18(20)23/h3-11H,2,12H2,1H3. The first-order valence-corrected chi connectivity index (χ1v) is 7.44. The molecule has 0 fully saturated rings. The summed E-state index contributed by atoms with van der Waals surface area (Å²) < 4.78 is 0. The molecule has 23 heavy (non-hydrogen) atoms. The maximum Gasteiger partial charge on any atom is 0.299 e. The summed E-state index contributed by atoms with van der Waals surface area (Å²) in [6, 6.07) is 16.0. The third-order valence-electron chi connectivity index (χ3n) is 3.86. The van der Waals surface area contributed by atoms with Crippen LogP contribution in [0.2, 0.25) is 0 Å². The minimum atomic E-state index is -0.649. The summed E-state index contributed by atoms with van der Waals surface area (Å²) in [5.74, 6) is -1.43. The van der Waals surface area contributed by atoms with Gasteiger partial charge in [-0.25, -0.2) is 0 Å². The van der Waals surface area contributed by atoms with Crippen molar-refractivity contribution in [1.82, 2.24) is 0 Å². The molecule has 2 aromatic carbocycles. The predicted octanol–water partition coefficient (Wildman–Crippen LogP) is 2.27. The highest BCUT2D eigenvalue weighted by Crippen LogP contribution is 2.28. The van der Waals surface area contributed by atoms with Gasteiger partial charge in [-0.3, -0.25) is 19.3 Å². The van der Waals surface area contributed by atoms with E-state index in [1.807, 2.05) is 37.3 Å². The van der Waals surface area contributed by atoms with E-state index in [2.05, 4.69) is 0 Å². The van der Waals surface area contributed by atoms with Gasteiger partial charge in [-0.2, -0.15) is 0 Å². The normalized spacial score (nSPS) is 13.2. The first-order valence-electron chi connectivity index (χ1n) is 7.44. The average Bonchev–Trinajstić information content (AvgIpc) is 2.82. The van der Waals surface area contributed by atoms with Crippen LogP contribution in [0.1, 0.15) is 17.3 Å². The number of nitrogens with zero attached hydrogens (tertiary/aromatic N) is 2. The second-order valence-corrected chi connectivity index (χ2v) is 5.21. The molecule has 0 atom stereocenters. The molecule has 0 unspecified atom stereocenters. The van der Waals surface area contributed by atoms with Crippen molar-refractivity contribution in [3.63, 3.8) is 0 Å². The van der Waals surface area contributed by atoms with E-state index in [4.69, 9.17) is 0 Å². The summed E-state index contributed by atoms with van der Waals surface area (Å²) in [5, 5.41) is 0. The second kappa shape index (κ2) is 6.04. The van der Waals surface area contributed by atoms with E-state index < -0.39 is 11.7 Å². The lowest BCUT2D eigenvalue weighted by Gasteiger charge is -2.24. The Morgan fingerprint density at radius 3 is 2.35 bits per heavy atom. The highest BCUT2D eigenvalue weighted by atomic mass is 16.2. The predicted molar refractivity (Wildman–Crippen MR) is 87.6 cm³/mol. The molecule has 0 N–H and O–H groups in total. The molecule has 0 aliphatic carbocycles. The Kier molecular flexibility index (Phi) is 3.93. The molecule has 0 aromatic heterocycles. The summed E-state index contributed by atoms with van der Waals surface area (Å²) in [6.45, 7) is 2.21. The third kappa shape index (κ3) is 2.61. The number of benzene rings is 2. The zero-order valence-corrected chi connectivity index (χ0v) is 12.7. The molecule has 1 aliphatic heterocycles. The van der Waals surface area contributed by atoms with Gasteiger partial charge in [0.15, 0.2) is 0 Å². The van der Waals surface area contributed by atoms with E-state index >= 15 is 0 Å². The summed E-state index contributed by atoms with van der Waals surface area (Å²) >= 11 is 0. The summed E-state index contributed by atoms with van der Waals surface area (Å²) in [4.78, 5) is 39.6. The quantitative estimate of drug-likeness (QED) is 0.814. The Labute approximate surface area is 134 Å². The van der Waals surface area contributed by atoms with Crippen molar-refractivity contribution in [3.05, 3.63) is 60.2 Å². The van der Waals surface area contributed by atoms with Gasteiger partial charge in [0.1, 0.15) is 6.54 Å². The van der Waals surface area contributed by atoms with Crippen LogP contribution in [0.4, 0.5) is 11.4 Å². The number of ketones is 1. The lowest BCUT2D eigenvalue weighted by atomic mass is 10.1. The van der Waals surface area contributed by atoms with E-state index in [9.17, 15) is 14.4 Å². The maximum absolute atomic E-state index is 12.6. The highest BCUT2D eigenvalue weighted by Gasteiger charge is 2.37. The van der Waals surface area contributed by atoms with Gasteiger partial charge in [-0.15, -0.1) is 0 Å². The zero-order valence-electron chi connectivity index (χ0n) is 12.7. The summed E-state index contributed by atoms with van der Waals surface area (Å²) in [6.07, 6.45) is 0. The maximum atomic E-state index is 12.6. The van der Waals surface area contributed by atoms with Gasteiger partial charge >= 0.3 is 0 Å². The van der Waals surface area contributed by atoms with Crippen molar-refractivity contribution < 1.29 is 14.4 Å². The molecular formula is C18H16N2O3. The Balaban J connectivity index is 1.85. The van der Waals surface area contributed by atoms with Crippen molar-refractivity contribution in [2.75, 3.05) is 22.9 Å². The second-order valence-electron chi connectivity index (χ2n) is 5.21. The average molecular weight is 308 g/mol. The van der Waals surface area contributed by atoms with Crippen LogP contribution in [0.5, 0.6) is 0 Å². The number of carbonyl (C=O) groups excluding carboxylic acids is 3. The van der Waals surface area contributed by atoms with E-state index in [0.29, 0.717) is 17.8 Å². The number of carbonyl (C=O) groups is 3. The molecule has 5 nitrogen and oxygen atoms in total. The lowest BCUT2D eigenvalue weighted by Crippen LogP contribution is -2.42. The van der Waals surface area contributed by atoms with Gasteiger partial charge < -0.3 is 4.90 Å². The first kappa shape index (κ1) is 15.0. The molecule has 0 saturated heterocycles. The number of hydrogen-bond donors (Lipinski definition) is 0. The summed E-state index contributed by atoms with van der Waals surface area (Å²) in [7, 11) is 0. The molecule has 1 heterocycles. The van der Waals surface area contributed by atoms with Gasteiger partial charge in [0, 0.05) is 12.2 Å². The van der Waals surface area contributed by atoms with E-state index in [0.717, 1.165) is 5.69 Å². The third-order valence-corrected chi connectivity index (χ3v) is 3.86. The number of anilines is 2. The van der Waals surface area contributed by atoms with Gasteiger partial charge in [0.05, 0.1) is 11.3 Å². The Hall–Kier alpha value is -2.95. The van der Waals surface area contributed by atoms with Crippen LogP contribution in [0, 0.1) is 0 Å². The van der Waals surface area contributed by atoms with Crippen LogP contribution in [0.15, 0.2) is 54.6 Å². The molecule has 3 rings (SSSR count). The van der Waals surface area contributed by atoms with Gasteiger partial charge in [0.2, 0.25) is 5.91 Å². The van der Waals surface area contributed by atoms with Crippen LogP contribution in [-0.2, 0) is 9.59 Å². The van der Waals surface area contributed by atoms with E-state index in [-0.39, 0.29) is 12.5 Å². The number of hydrogen-bond acceptors (Lipinski definition) is 3. The van der Waals surface area contributed by atoms with Gasteiger partial charge in [-0.1, -0.05) is 30.3 Å². The lowest BCUT2D eigenvalue weighted by molar-refractivity contribution is -0.120. The van der Waals surface area contributed by atoms with Crippen molar-refractivity contribution in [2.24, 2.45) is 0 Å². The Morgan fingerprint density at radius 2 is 1.65 bits per heavy atom. The number of rotatable bonds is 4. The number of fused-ring (bicyclic) bond motifs is 1. The first-order chi connectivity index (χ1) is 11.1. The number of para-hydroxylation sites is 2. The van der Waals surface area contributed by atoms with E-state index in [1.165, 1.54) is 4.90 Å². The molecular weight excluding hydrogens is 292 g/mol. The van der Waals surface area contributed by atoms with Crippen LogP contribution >= 0.6 is 0 Å². The van der Waals surface area contributed by atoms with Crippen LogP contribution in [-0.4, -0.2) is 30.7 Å². The van der Waals surface area contributed by atoms with Crippen molar-refractivity contribution in [3.8, 4) is 0 Å². The number of amides is 2. The smallest absolute Gasteiger partial charge is 0.299 e. The van der Waals surface area contributed by atoms with Gasteiger partial charge in [-0.05, 0) is 31.2 Å². The Bertz CT molecular complexity index is 771. The number of likely N-dealkylation sites (N-methyl/N-ethyl adjacent to an activating group) is 1. The molecule has 2 aromatic rings. The SMILES string of the molecule is CCN(C(=O)CN1C(=O)C(=O)c2ccccc21)c1ccccc1. The topological polar surface area (TPSA) is 57.7 Å². The minimum absolute atomic E-state index is 0.148. The van der Waals surface area contributed by atoms with Crippen LogP contribution in [0.3, 0.4) is 0 Å². The largest absolute Gasteiger partial charge is 0.311 e. The van der Waals surface area contributed by atoms with Crippen molar-refractivity contribution in [2.45, 2.75) is 6.92 Å². The molecule has 0 bridgehead atoms. The molecule has 0 radical (unpaired) electrons. The monoisotopic (exact) mass is 308 g/mol. The summed E-state index contributed by atoms with van der Waals surface area (Å²) in [5.41, 5.74) is 1.62. The number of Topliss-reactive ketones (excluding diaryl/α,β-unsaturated/α-hetero) is 1. The van der Waals surface area contributed by atoms with Crippen molar-refractivity contribution >= 4 is 29.0 Å². The van der Waals surface area contributed by atoms with Crippen molar-refractivity contribution in [1.29, 1.82) is 0 Å². The molecule has 2 amide bonds. The molecule has 1 aliphatic rings. The fraction of sp³-hybridized carbons (Fsp3) is 0.167. The van der Waals surface area contributed by atoms with E-state index in [1.54, 1.807) is 29.2 Å². The zero-order chi connectivity index (χ0) is 16.4. The fourth-order valence-electron chi connectivity index (χ4n) is 2.74. The minimum Gasteiger partial charge on any atom is -0.311 e. The van der Waals surface area contributed by atoms with Crippen LogP contribution < -0.4 is 9.80 Å². The molecule has 0 saturated carbocycles. The van der Waals surface area contributed by atoms with Crippen LogP contribution in [0.25, 0.3) is 0 Å². The molecule has 116 valence electrons. The highest BCUT2D eigenvalue weighted by molar-refractivity contribution is 6.52. The molecule has 5 heteroatoms. The molecule has 0 spiro atoms. The van der Waals surface area contributed by atoms with Gasteiger partial charge in [0.25, 0.3) is 11.7 Å². The fourth-order valence-corrected chi connectivity index (χ4v) is 2.74. The Morgan fingerprint density at radius 1 is 1.00 bits per heavy atom.